The Balaban J connectivity index is 2.16. The predicted octanol–water partition coefficient (Wildman–Crippen LogP) is 5.53. The van der Waals surface area contributed by atoms with Gasteiger partial charge in [-0.15, -0.1) is 0 Å². The summed E-state index contributed by atoms with van der Waals surface area (Å²) in [5.74, 6) is -0.518. The Morgan fingerprint density at radius 1 is 1.12 bits per heavy atom. The maximum Gasteiger partial charge on any atom is 0.388 e. The van der Waals surface area contributed by atoms with E-state index < -0.39 is 6.61 Å². The molecule has 2 nitrogen and oxygen atoms in total. The Morgan fingerprint density at radius 2 is 1.83 bits per heavy atom. The molecule has 124 valence electrons. The summed E-state index contributed by atoms with van der Waals surface area (Å²) in [6, 6.07) is 11.1. The number of aryl methyl sites for hydroxylation is 1. The third-order valence-electron chi connectivity index (χ3n) is 3.81. The van der Waals surface area contributed by atoms with Crippen molar-refractivity contribution in [3.05, 3.63) is 70.0 Å². The maximum atomic E-state index is 13.1. The minimum absolute atomic E-state index is 0.160. The van der Waals surface area contributed by atoms with Crippen LogP contribution in [0.4, 0.5) is 13.2 Å². The third-order valence-corrected chi connectivity index (χ3v) is 4.11. The van der Waals surface area contributed by atoms with Crippen molar-refractivity contribution in [3.8, 4) is 5.88 Å². The Kier molecular flexibility index (Phi) is 4.62. The number of ether oxygens (including phenoxy) is 1. The van der Waals surface area contributed by atoms with Crippen LogP contribution < -0.4 is 4.74 Å². The lowest BCUT2D eigenvalue weighted by Gasteiger charge is -2.15. The van der Waals surface area contributed by atoms with Crippen LogP contribution in [0.15, 0.2) is 42.5 Å². The van der Waals surface area contributed by atoms with E-state index in [1.807, 2.05) is 6.07 Å². The highest BCUT2D eigenvalue weighted by molar-refractivity contribution is 6.35. The van der Waals surface area contributed by atoms with E-state index in [2.05, 4.69) is 9.72 Å². The van der Waals surface area contributed by atoms with E-state index in [-0.39, 0.29) is 11.7 Å². The molecule has 0 N–H and O–H groups in total. The van der Waals surface area contributed by atoms with Gasteiger partial charge in [0.05, 0.1) is 10.5 Å². The van der Waals surface area contributed by atoms with Crippen molar-refractivity contribution in [2.24, 2.45) is 0 Å². The molecule has 0 saturated heterocycles. The molecule has 1 heterocycles. The molecule has 0 aliphatic rings. The first-order valence-corrected chi connectivity index (χ1v) is 7.60. The van der Waals surface area contributed by atoms with Gasteiger partial charge in [-0.3, -0.25) is 0 Å². The number of alkyl halides is 2. The summed E-state index contributed by atoms with van der Waals surface area (Å²) < 4.78 is 43.2. The zero-order chi connectivity index (χ0) is 17.3. The van der Waals surface area contributed by atoms with Gasteiger partial charge in [0.25, 0.3) is 0 Å². The molecule has 0 radical (unpaired) electrons. The second-order valence-corrected chi connectivity index (χ2v) is 5.75. The SMILES string of the molecule is Cc1c(Cc2ccc(F)cc2)c(OC(F)F)nc2c(Cl)cccc12. The Bertz CT molecular complexity index is 882. The number of benzene rings is 2. The minimum atomic E-state index is -3.00. The standard InChI is InChI=1S/C18H13ClF3NO/c1-10-13-3-2-4-15(19)16(13)23-17(24-18(21)22)14(10)9-11-5-7-12(20)8-6-11/h2-8,18H,9H2,1H3. The van der Waals surface area contributed by atoms with Gasteiger partial charge in [0, 0.05) is 17.4 Å². The first kappa shape index (κ1) is 16.6. The fourth-order valence-corrected chi connectivity index (χ4v) is 2.84. The quantitative estimate of drug-likeness (QED) is 0.616. The van der Waals surface area contributed by atoms with Crippen molar-refractivity contribution in [3.63, 3.8) is 0 Å². The van der Waals surface area contributed by atoms with Gasteiger partial charge in [0.2, 0.25) is 5.88 Å². The van der Waals surface area contributed by atoms with Crippen molar-refractivity contribution in [1.82, 2.24) is 4.98 Å². The van der Waals surface area contributed by atoms with E-state index in [0.717, 1.165) is 16.5 Å². The molecular weight excluding hydrogens is 339 g/mol. The monoisotopic (exact) mass is 351 g/mol. The fourth-order valence-electron chi connectivity index (χ4n) is 2.62. The second-order valence-electron chi connectivity index (χ2n) is 5.34. The van der Waals surface area contributed by atoms with E-state index >= 15 is 0 Å². The summed E-state index contributed by atoms with van der Waals surface area (Å²) in [6.45, 7) is -1.19. The van der Waals surface area contributed by atoms with Crippen LogP contribution in [-0.2, 0) is 6.42 Å². The van der Waals surface area contributed by atoms with Crippen molar-refractivity contribution in [2.75, 3.05) is 0 Å². The molecule has 0 aliphatic heterocycles. The van der Waals surface area contributed by atoms with Gasteiger partial charge in [-0.1, -0.05) is 35.9 Å². The lowest BCUT2D eigenvalue weighted by atomic mass is 9.98. The molecule has 24 heavy (non-hydrogen) atoms. The van der Waals surface area contributed by atoms with Gasteiger partial charge in [0.15, 0.2) is 0 Å². The maximum absolute atomic E-state index is 13.1. The molecule has 3 rings (SSSR count). The molecule has 0 aliphatic carbocycles. The lowest BCUT2D eigenvalue weighted by molar-refractivity contribution is -0.0532. The second kappa shape index (κ2) is 6.69. The first-order chi connectivity index (χ1) is 11.5. The van der Waals surface area contributed by atoms with Gasteiger partial charge < -0.3 is 4.74 Å². The Hall–Kier alpha value is -2.27. The Labute approximate surface area is 141 Å². The number of rotatable bonds is 4. The number of nitrogens with zero attached hydrogens (tertiary/aromatic N) is 1. The van der Waals surface area contributed by atoms with Crippen LogP contribution in [0.1, 0.15) is 16.7 Å². The molecule has 0 atom stereocenters. The van der Waals surface area contributed by atoms with Crippen LogP contribution in [-0.4, -0.2) is 11.6 Å². The van der Waals surface area contributed by atoms with E-state index in [9.17, 15) is 13.2 Å². The van der Waals surface area contributed by atoms with Gasteiger partial charge >= 0.3 is 6.61 Å². The summed E-state index contributed by atoms with van der Waals surface area (Å²) >= 11 is 6.12. The summed E-state index contributed by atoms with van der Waals surface area (Å²) in [5.41, 5.74) is 2.45. The predicted molar refractivity (Wildman–Crippen MR) is 87.3 cm³/mol. The van der Waals surface area contributed by atoms with E-state index in [1.54, 1.807) is 31.2 Å². The zero-order valence-electron chi connectivity index (χ0n) is 12.7. The Morgan fingerprint density at radius 3 is 2.50 bits per heavy atom. The van der Waals surface area contributed by atoms with Crippen LogP contribution in [0.5, 0.6) is 5.88 Å². The molecular formula is C18H13ClF3NO. The summed E-state index contributed by atoms with van der Waals surface area (Å²) in [4.78, 5) is 4.18. The highest BCUT2D eigenvalue weighted by Gasteiger charge is 2.18. The van der Waals surface area contributed by atoms with E-state index in [4.69, 9.17) is 11.6 Å². The van der Waals surface area contributed by atoms with Gasteiger partial charge in [-0.05, 0) is 36.2 Å². The number of hydrogen-bond acceptors (Lipinski definition) is 2. The molecule has 3 aromatic rings. The van der Waals surface area contributed by atoms with Crippen molar-refractivity contribution in [2.45, 2.75) is 20.0 Å². The first-order valence-electron chi connectivity index (χ1n) is 7.22. The zero-order valence-corrected chi connectivity index (χ0v) is 13.4. The van der Waals surface area contributed by atoms with Crippen LogP contribution in [0, 0.1) is 12.7 Å². The largest absolute Gasteiger partial charge is 0.417 e. The van der Waals surface area contributed by atoms with E-state index in [0.29, 0.717) is 22.5 Å². The molecule has 0 unspecified atom stereocenters. The summed E-state index contributed by atoms with van der Waals surface area (Å²) in [7, 11) is 0. The number of aromatic nitrogens is 1. The molecule has 2 aromatic carbocycles. The third kappa shape index (κ3) is 3.31. The topological polar surface area (TPSA) is 22.1 Å². The minimum Gasteiger partial charge on any atom is -0.417 e. The average Bonchev–Trinajstić information content (AvgIpc) is 2.53. The summed E-state index contributed by atoms with van der Waals surface area (Å²) in [5, 5.41) is 1.13. The highest BCUT2D eigenvalue weighted by Crippen LogP contribution is 2.33. The van der Waals surface area contributed by atoms with Crippen LogP contribution in [0.25, 0.3) is 10.9 Å². The smallest absolute Gasteiger partial charge is 0.388 e. The molecule has 6 heteroatoms. The van der Waals surface area contributed by atoms with E-state index in [1.165, 1.54) is 12.1 Å². The van der Waals surface area contributed by atoms with Crippen molar-refractivity contribution in [1.29, 1.82) is 0 Å². The van der Waals surface area contributed by atoms with Crippen molar-refractivity contribution >= 4 is 22.5 Å². The van der Waals surface area contributed by atoms with Gasteiger partial charge in [-0.2, -0.15) is 8.78 Å². The lowest BCUT2D eigenvalue weighted by Crippen LogP contribution is -2.08. The number of pyridine rings is 1. The molecule has 0 amide bonds. The fraction of sp³-hybridized carbons (Fsp3) is 0.167. The number of hydrogen-bond donors (Lipinski definition) is 0. The van der Waals surface area contributed by atoms with Crippen molar-refractivity contribution < 1.29 is 17.9 Å². The molecule has 0 saturated carbocycles. The van der Waals surface area contributed by atoms with Gasteiger partial charge in [0.1, 0.15) is 5.82 Å². The molecule has 0 bridgehead atoms. The van der Waals surface area contributed by atoms with Gasteiger partial charge in [-0.25, -0.2) is 9.37 Å². The molecule has 0 fully saturated rings. The number of fused-ring (bicyclic) bond motifs is 1. The van der Waals surface area contributed by atoms with Crippen LogP contribution in [0.3, 0.4) is 0 Å². The highest BCUT2D eigenvalue weighted by atomic mass is 35.5. The molecule has 1 aromatic heterocycles. The molecule has 0 spiro atoms. The normalized spacial score (nSPS) is 11.2. The van der Waals surface area contributed by atoms with Crippen LogP contribution >= 0.6 is 11.6 Å². The summed E-state index contributed by atoms with van der Waals surface area (Å²) in [6.07, 6.45) is 0.295. The number of halogens is 4. The van der Waals surface area contributed by atoms with Crippen LogP contribution in [0.2, 0.25) is 5.02 Å². The average molecular weight is 352 g/mol. The number of para-hydroxylation sites is 1.